The minimum atomic E-state index is -0.00857. The smallest absolute Gasteiger partial charge is 0.243 e. The third kappa shape index (κ3) is 9.10. The Hall–Kier alpha value is -1.31. The van der Waals surface area contributed by atoms with Crippen LogP contribution in [0.25, 0.3) is 0 Å². The highest BCUT2D eigenvalue weighted by Crippen LogP contribution is 2.20. The van der Waals surface area contributed by atoms with Gasteiger partial charge in [0.15, 0.2) is 5.96 Å². The van der Waals surface area contributed by atoms with E-state index in [9.17, 15) is 4.79 Å². The number of nitrogens with one attached hydrogen (secondary N) is 2. The van der Waals surface area contributed by atoms with Crippen molar-refractivity contribution in [3.05, 3.63) is 35.9 Å². The van der Waals surface area contributed by atoms with Crippen molar-refractivity contribution < 1.29 is 4.79 Å². The standard InChI is InChI=1S/C18H30N4O.HI/c1-6-19-17(20-13-16(23)22(4)5)21-14-18(2,3)12-15-10-8-7-9-11-15;/h7-11H,6,12-14H2,1-5H3,(H2,19,20,21);1H. The molecule has 0 spiro atoms. The Morgan fingerprint density at radius 3 is 2.33 bits per heavy atom. The molecule has 0 aliphatic carbocycles. The van der Waals surface area contributed by atoms with Crippen molar-refractivity contribution in [1.29, 1.82) is 0 Å². The number of hydrogen-bond acceptors (Lipinski definition) is 2. The maximum atomic E-state index is 11.7. The van der Waals surface area contributed by atoms with E-state index in [0.717, 1.165) is 19.5 Å². The first-order valence-corrected chi connectivity index (χ1v) is 8.10. The summed E-state index contributed by atoms with van der Waals surface area (Å²) in [6, 6.07) is 10.5. The molecule has 0 aliphatic heterocycles. The highest BCUT2D eigenvalue weighted by molar-refractivity contribution is 14.0. The van der Waals surface area contributed by atoms with Gasteiger partial charge in [-0.1, -0.05) is 44.2 Å². The van der Waals surface area contributed by atoms with Crippen LogP contribution in [0.1, 0.15) is 26.3 Å². The van der Waals surface area contributed by atoms with Crippen LogP contribution in [0.5, 0.6) is 0 Å². The van der Waals surface area contributed by atoms with Gasteiger partial charge < -0.3 is 15.5 Å². The van der Waals surface area contributed by atoms with Crippen LogP contribution in [-0.2, 0) is 11.2 Å². The Bertz CT molecular complexity index is 515. The van der Waals surface area contributed by atoms with Gasteiger partial charge >= 0.3 is 0 Å². The molecule has 1 amide bonds. The molecule has 0 saturated heterocycles. The highest BCUT2D eigenvalue weighted by atomic mass is 127. The van der Waals surface area contributed by atoms with E-state index in [4.69, 9.17) is 0 Å². The van der Waals surface area contributed by atoms with Crippen LogP contribution >= 0.6 is 24.0 Å². The van der Waals surface area contributed by atoms with Gasteiger partial charge in [0, 0.05) is 27.2 Å². The second-order valence-electron chi connectivity index (χ2n) is 6.66. The summed E-state index contributed by atoms with van der Waals surface area (Å²) in [6.45, 7) is 8.16. The number of carbonyl (C=O) groups is 1. The van der Waals surface area contributed by atoms with Crippen LogP contribution < -0.4 is 10.6 Å². The molecule has 0 atom stereocenters. The van der Waals surface area contributed by atoms with Crippen molar-refractivity contribution in [1.82, 2.24) is 15.5 Å². The first-order valence-electron chi connectivity index (χ1n) is 8.10. The van der Waals surface area contributed by atoms with Gasteiger partial charge in [0.05, 0.1) is 0 Å². The SMILES string of the molecule is CCNC(=NCC(=O)N(C)C)NCC(C)(C)Cc1ccccc1.I. The normalized spacial score (nSPS) is 11.5. The van der Waals surface area contributed by atoms with Crippen LogP contribution in [0, 0.1) is 5.41 Å². The van der Waals surface area contributed by atoms with Crippen molar-refractivity contribution in [3.8, 4) is 0 Å². The molecule has 2 N–H and O–H groups in total. The molecular weight excluding hydrogens is 415 g/mol. The van der Waals surface area contributed by atoms with E-state index in [1.54, 1.807) is 19.0 Å². The summed E-state index contributed by atoms with van der Waals surface area (Å²) >= 11 is 0. The third-order valence-electron chi connectivity index (χ3n) is 3.48. The van der Waals surface area contributed by atoms with Gasteiger partial charge in [0.1, 0.15) is 6.54 Å². The predicted molar refractivity (Wildman–Crippen MR) is 112 cm³/mol. The quantitative estimate of drug-likeness (QED) is 0.385. The van der Waals surface area contributed by atoms with Gasteiger partial charge in [0.2, 0.25) is 5.91 Å². The Morgan fingerprint density at radius 1 is 1.17 bits per heavy atom. The summed E-state index contributed by atoms with van der Waals surface area (Å²) < 4.78 is 0. The summed E-state index contributed by atoms with van der Waals surface area (Å²) in [5.74, 6) is 0.676. The predicted octanol–water partition coefficient (Wildman–Crippen LogP) is 2.52. The monoisotopic (exact) mass is 446 g/mol. The van der Waals surface area contributed by atoms with E-state index in [-0.39, 0.29) is 41.8 Å². The van der Waals surface area contributed by atoms with E-state index in [1.807, 2.05) is 13.0 Å². The molecule has 0 heterocycles. The Kier molecular flexibility index (Phi) is 10.7. The topological polar surface area (TPSA) is 56.7 Å². The number of amides is 1. The molecule has 0 aliphatic rings. The third-order valence-corrected chi connectivity index (χ3v) is 3.48. The highest BCUT2D eigenvalue weighted by Gasteiger charge is 2.19. The lowest BCUT2D eigenvalue weighted by Crippen LogP contribution is -2.43. The molecule has 0 aromatic heterocycles. The van der Waals surface area contributed by atoms with Crippen LogP contribution in [0.15, 0.2) is 35.3 Å². The van der Waals surface area contributed by atoms with Gasteiger partial charge in [-0.3, -0.25) is 4.79 Å². The molecular formula is C18H31IN4O. The second kappa shape index (κ2) is 11.3. The molecule has 24 heavy (non-hydrogen) atoms. The minimum Gasteiger partial charge on any atom is -0.357 e. The fourth-order valence-electron chi connectivity index (χ4n) is 2.16. The number of likely N-dealkylation sites (N-methyl/N-ethyl adjacent to an activating group) is 1. The van der Waals surface area contributed by atoms with E-state index >= 15 is 0 Å². The van der Waals surface area contributed by atoms with E-state index < -0.39 is 0 Å². The van der Waals surface area contributed by atoms with Gasteiger partial charge in [-0.05, 0) is 24.3 Å². The maximum absolute atomic E-state index is 11.7. The number of aliphatic imine (C=N–C) groups is 1. The number of halogens is 1. The molecule has 1 rings (SSSR count). The summed E-state index contributed by atoms with van der Waals surface area (Å²) in [5.41, 5.74) is 1.41. The molecule has 0 unspecified atom stereocenters. The average molecular weight is 446 g/mol. The molecule has 0 fully saturated rings. The zero-order chi connectivity index (χ0) is 17.3. The summed E-state index contributed by atoms with van der Waals surface area (Å²) in [5, 5.41) is 6.53. The number of guanidine groups is 1. The van der Waals surface area contributed by atoms with Crippen LogP contribution in [0.3, 0.4) is 0 Å². The lowest BCUT2D eigenvalue weighted by Gasteiger charge is -2.26. The van der Waals surface area contributed by atoms with Crippen LogP contribution in [0.4, 0.5) is 0 Å². The van der Waals surface area contributed by atoms with Crippen molar-refractivity contribution >= 4 is 35.8 Å². The first-order chi connectivity index (χ1) is 10.8. The molecule has 0 saturated carbocycles. The number of carbonyl (C=O) groups excluding carboxylic acids is 1. The average Bonchev–Trinajstić information content (AvgIpc) is 2.50. The van der Waals surface area contributed by atoms with Gasteiger partial charge in [-0.25, -0.2) is 4.99 Å². The number of hydrogen-bond donors (Lipinski definition) is 2. The molecule has 6 heteroatoms. The summed E-state index contributed by atoms with van der Waals surface area (Å²) in [6.07, 6.45) is 0.983. The summed E-state index contributed by atoms with van der Waals surface area (Å²) in [4.78, 5) is 17.6. The van der Waals surface area contributed by atoms with Crippen molar-refractivity contribution in [3.63, 3.8) is 0 Å². The zero-order valence-corrected chi connectivity index (χ0v) is 17.8. The van der Waals surface area contributed by atoms with E-state index in [1.165, 1.54) is 5.56 Å². The lowest BCUT2D eigenvalue weighted by molar-refractivity contribution is -0.127. The molecule has 136 valence electrons. The number of nitrogens with zero attached hydrogens (tertiary/aromatic N) is 2. The molecule has 0 radical (unpaired) electrons. The van der Waals surface area contributed by atoms with Gasteiger partial charge in [-0.2, -0.15) is 0 Å². The minimum absolute atomic E-state index is 0. The Labute approximate surface area is 163 Å². The fraction of sp³-hybridized carbons (Fsp3) is 0.556. The van der Waals surface area contributed by atoms with E-state index in [2.05, 4.69) is 53.7 Å². The van der Waals surface area contributed by atoms with Crippen molar-refractivity contribution in [2.45, 2.75) is 27.2 Å². The first kappa shape index (κ1) is 22.7. The van der Waals surface area contributed by atoms with Crippen LogP contribution in [0.2, 0.25) is 0 Å². The van der Waals surface area contributed by atoms with Crippen LogP contribution in [-0.4, -0.2) is 50.5 Å². The molecule has 1 aromatic rings. The number of rotatable bonds is 7. The summed E-state index contributed by atoms with van der Waals surface area (Å²) in [7, 11) is 3.47. The zero-order valence-electron chi connectivity index (χ0n) is 15.4. The second-order valence-corrected chi connectivity index (χ2v) is 6.66. The molecule has 5 nitrogen and oxygen atoms in total. The fourth-order valence-corrected chi connectivity index (χ4v) is 2.16. The van der Waals surface area contributed by atoms with Crippen molar-refractivity contribution in [2.75, 3.05) is 33.7 Å². The molecule has 0 bridgehead atoms. The van der Waals surface area contributed by atoms with Gasteiger partial charge in [0.25, 0.3) is 0 Å². The van der Waals surface area contributed by atoms with Gasteiger partial charge in [-0.15, -0.1) is 24.0 Å². The number of benzene rings is 1. The van der Waals surface area contributed by atoms with Crippen molar-refractivity contribution in [2.24, 2.45) is 10.4 Å². The Morgan fingerprint density at radius 2 is 1.79 bits per heavy atom. The lowest BCUT2D eigenvalue weighted by atomic mass is 9.86. The Balaban J connectivity index is 0.00000529. The largest absolute Gasteiger partial charge is 0.357 e. The molecule has 1 aromatic carbocycles. The van der Waals surface area contributed by atoms with E-state index in [0.29, 0.717) is 5.96 Å². The maximum Gasteiger partial charge on any atom is 0.243 e.